The quantitative estimate of drug-likeness (QED) is 0.821. The Hall–Kier alpha value is -1.26. The monoisotopic (exact) mass is 268 g/mol. The molecule has 19 heavy (non-hydrogen) atoms. The predicted octanol–water partition coefficient (Wildman–Crippen LogP) is 1.93. The van der Waals surface area contributed by atoms with Crippen molar-refractivity contribution in [2.24, 2.45) is 17.3 Å². The number of hydrogen-bond donors (Lipinski definition) is 2. The van der Waals surface area contributed by atoms with Gasteiger partial charge in [-0.15, -0.1) is 0 Å². The van der Waals surface area contributed by atoms with E-state index >= 15 is 0 Å². The van der Waals surface area contributed by atoms with E-state index in [-0.39, 0.29) is 6.03 Å². The molecule has 1 aliphatic carbocycles. The highest BCUT2D eigenvalue weighted by molar-refractivity contribution is 5.82. The third kappa shape index (κ3) is 3.19. The van der Waals surface area contributed by atoms with E-state index < -0.39 is 12.0 Å². The van der Waals surface area contributed by atoms with Crippen LogP contribution >= 0.6 is 0 Å². The lowest BCUT2D eigenvalue weighted by Gasteiger charge is -2.35. The van der Waals surface area contributed by atoms with Crippen molar-refractivity contribution in [2.75, 3.05) is 13.1 Å². The standard InChI is InChI=1S/C14H24N2O3/c1-9-4-5-16(11(6-9)12(17)18)13(19)15-8-10-7-14(10,2)3/h9-11H,4-8H2,1-3H3,(H,15,19)(H,17,18). The van der Waals surface area contributed by atoms with Gasteiger partial charge in [0.1, 0.15) is 6.04 Å². The number of urea groups is 1. The summed E-state index contributed by atoms with van der Waals surface area (Å²) in [7, 11) is 0. The van der Waals surface area contributed by atoms with Crippen molar-refractivity contribution in [1.82, 2.24) is 10.2 Å². The number of nitrogens with zero attached hydrogens (tertiary/aromatic N) is 1. The Bertz CT molecular complexity index is 381. The summed E-state index contributed by atoms with van der Waals surface area (Å²) in [5.41, 5.74) is 0.329. The molecule has 0 aromatic heterocycles. The second-order valence-electron chi connectivity index (χ2n) is 6.75. The molecule has 3 unspecified atom stereocenters. The fraction of sp³-hybridized carbons (Fsp3) is 0.857. The van der Waals surface area contributed by atoms with Crippen LogP contribution in [0.5, 0.6) is 0 Å². The fourth-order valence-corrected chi connectivity index (χ4v) is 2.86. The van der Waals surface area contributed by atoms with Crippen molar-refractivity contribution in [2.45, 2.75) is 46.1 Å². The first-order valence-corrected chi connectivity index (χ1v) is 7.08. The third-order valence-electron chi connectivity index (χ3n) is 4.63. The van der Waals surface area contributed by atoms with Gasteiger partial charge in [-0.2, -0.15) is 0 Å². The van der Waals surface area contributed by atoms with Crippen molar-refractivity contribution >= 4 is 12.0 Å². The molecule has 2 aliphatic rings. The summed E-state index contributed by atoms with van der Waals surface area (Å²) in [6.07, 6.45) is 2.57. The predicted molar refractivity (Wildman–Crippen MR) is 71.8 cm³/mol. The normalized spacial score (nSPS) is 32.8. The maximum Gasteiger partial charge on any atom is 0.326 e. The molecule has 0 aromatic rings. The minimum atomic E-state index is -0.895. The molecular formula is C14H24N2O3. The van der Waals surface area contributed by atoms with Crippen LogP contribution in [0.2, 0.25) is 0 Å². The number of amides is 2. The molecule has 5 heteroatoms. The van der Waals surface area contributed by atoms with Crippen molar-refractivity contribution in [1.29, 1.82) is 0 Å². The molecule has 0 aromatic carbocycles. The number of aliphatic carboxylic acids is 1. The van der Waals surface area contributed by atoms with E-state index in [9.17, 15) is 14.7 Å². The average molecular weight is 268 g/mol. The van der Waals surface area contributed by atoms with E-state index in [1.54, 1.807) is 0 Å². The number of nitrogens with one attached hydrogen (secondary N) is 1. The summed E-state index contributed by atoms with van der Waals surface area (Å²) < 4.78 is 0. The number of piperidine rings is 1. The van der Waals surface area contributed by atoms with E-state index in [0.29, 0.717) is 36.8 Å². The molecule has 1 aliphatic heterocycles. The van der Waals surface area contributed by atoms with Crippen LogP contribution in [0.4, 0.5) is 4.79 Å². The zero-order valence-electron chi connectivity index (χ0n) is 12.0. The topological polar surface area (TPSA) is 69.6 Å². The smallest absolute Gasteiger partial charge is 0.326 e. The number of carboxylic acid groups (broad SMARTS) is 1. The third-order valence-corrected chi connectivity index (χ3v) is 4.63. The SMILES string of the molecule is CC1CCN(C(=O)NCC2CC2(C)C)C(C(=O)O)C1. The number of carbonyl (C=O) groups is 2. The van der Waals surface area contributed by atoms with Crippen LogP contribution in [0.15, 0.2) is 0 Å². The molecule has 2 amide bonds. The number of hydrogen-bond acceptors (Lipinski definition) is 2. The molecule has 1 saturated heterocycles. The lowest BCUT2D eigenvalue weighted by molar-refractivity contribution is -0.143. The average Bonchev–Trinajstić information content (AvgIpc) is 2.94. The fourth-order valence-electron chi connectivity index (χ4n) is 2.86. The number of carboxylic acids is 1. The van der Waals surface area contributed by atoms with Gasteiger partial charge in [0.15, 0.2) is 0 Å². The molecule has 2 N–H and O–H groups in total. The van der Waals surface area contributed by atoms with Crippen LogP contribution in [0.25, 0.3) is 0 Å². The van der Waals surface area contributed by atoms with Gasteiger partial charge in [0.2, 0.25) is 0 Å². The van der Waals surface area contributed by atoms with Crippen molar-refractivity contribution in [3.05, 3.63) is 0 Å². The van der Waals surface area contributed by atoms with Crippen LogP contribution < -0.4 is 5.32 Å². The highest BCUT2D eigenvalue weighted by atomic mass is 16.4. The maximum atomic E-state index is 12.1. The van der Waals surface area contributed by atoms with Gasteiger partial charge in [-0.05, 0) is 36.5 Å². The summed E-state index contributed by atoms with van der Waals surface area (Å²) >= 11 is 0. The summed E-state index contributed by atoms with van der Waals surface area (Å²) in [4.78, 5) is 24.8. The second kappa shape index (κ2) is 5.02. The first-order chi connectivity index (χ1) is 8.81. The zero-order valence-corrected chi connectivity index (χ0v) is 12.0. The Morgan fingerprint density at radius 1 is 1.42 bits per heavy atom. The van der Waals surface area contributed by atoms with Crippen LogP contribution in [0.3, 0.4) is 0 Å². The molecule has 3 atom stereocenters. The molecule has 2 rings (SSSR count). The molecule has 5 nitrogen and oxygen atoms in total. The van der Waals surface area contributed by atoms with Crippen LogP contribution in [-0.2, 0) is 4.79 Å². The molecule has 1 heterocycles. The molecular weight excluding hydrogens is 244 g/mol. The van der Waals surface area contributed by atoms with Crippen molar-refractivity contribution in [3.63, 3.8) is 0 Å². The highest BCUT2D eigenvalue weighted by Gasteiger charge is 2.45. The Kier molecular flexibility index (Phi) is 3.74. The van der Waals surface area contributed by atoms with Gasteiger partial charge in [0.05, 0.1) is 0 Å². The van der Waals surface area contributed by atoms with Gasteiger partial charge in [0, 0.05) is 13.1 Å². The largest absolute Gasteiger partial charge is 0.480 e. The van der Waals surface area contributed by atoms with Crippen LogP contribution in [-0.4, -0.2) is 41.1 Å². The highest BCUT2D eigenvalue weighted by Crippen LogP contribution is 2.50. The molecule has 0 bridgehead atoms. The second-order valence-corrected chi connectivity index (χ2v) is 6.75. The molecule has 0 radical (unpaired) electrons. The van der Waals surface area contributed by atoms with Gasteiger partial charge in [-0.3, -0.25) is 0 Å². The van der Waals surface area contributed by atoms with E-state index in [1.165, 1.54) is 4.90 Å². The van der Waals surface area contributed by atoms with Gasteiger partial charge in [-0.1, -0.05) is 20.8 Å². The summed E-state index contributed by atoms with van der Waals surface area (Å²) in [6.45, 7) is 7.61. The Morgan fingerprint density at radius 3 is 2.58 bits per heavy atom. The van der Waals surface area contributed by atoms with E-state index in [0.717, 1.165) is 12.8 Å². The van der Waals surface area contributed by atoms with Gasteiger partial charge >= 0.3 is 12.0 Å². The Labute approximate surface area is 114 Å². The lowest BCUT2D eigenvalue weighted by Crippen LogP contribution is -2.53. The van der Waals surface area contributed by atoms with Crippen molar-refractivity contribution < 1.29 is 14.7 Å². The number of likely N-dealkylation sites (tertiary alicyclic amines) is 1. The van der Waals surface area contributed by atoms with Crippen LogP contribution in [0, 0.1) is 17.3 Å². The molecule has 0 spiro atoms. The molecule has 2 fully saturated rings. The Morgan fingerprint density at radius 2 is 2.05 bits per heavy atom. The number of carbonyl (C=O) groups excluding carboxylic acids is 1. The molecule has 1 saturated carbocycles. The van der Waals surface area contributed by atoms with Gasteiger partial charge < -0.3 is 15.3 Å². The maximum absolute atomic E-state index is 12.1. The van der Waals surface area contributed by atoms with E-state index in [1.807, 2.05) is 6.92 Å². The van der Waals surface area contributed by atoms with E-state index in [2.05, 4.69) is 19.2 Å². The van der Waals surface area contributed by atoms with E-state index in [4.69, 9.17) is 0 Å². The minimum Gasteiger partial charge on any atom is -0.480 e. The van der Waals surface area contributed by atoms with Gasteiger partial charge in [-0.25, -0.2) is 9.59 Å². The van der Waals surface area contributed by atoms with Crippen molar-refractivity contribution in [3.8, 4) is 0 Å². The first-order valence-electron chi connectivity index (χ1n) is 7.08. The minimum absolute atomic E-state index is 0.220. The first kappa shape index (κ1) is 14.2. The molecule has 108 valence electrons. The summed E-state index contributed by atoms with van der Waals surface area (Å²) in [5.74, 6) is 0.00408. The summed E-state index contributed by atoms with van der Waals surface area (Å²) in [6, 6.07) is -0.891. The van der Waals surface area contributed by atoms with Crippen LogP contribution in [0.1, 0.15) is 40.0 Å². The summed E-state index contributed by atoms with van der Waals surface area (Å²) in [5, 5.41) is 12.1. The lowest BCUT2D eigenvalue weighted by atomic mass is 9.93. The zero-order chi connectivity index (χ0) is 14.2. The van der Waals surface area contributed by atoms with Gasteiger partial charge in [0.25, 0.3) is 0 Å². The number of rotatable bonds is 3. The Balaban J connectivity index is 1.88.